The quantitative estimate of drug-likeness (QED) is 0.539. The summed E-state index contributed by atoms with van der Waals surface area (Å²) >= 11 is 0. The molecule has 0 aromatic carbocycles. The van der Waals surface area contributed by atoms with E-state index in [1.807, 2.05) is 0 Å². The Labute approximate surface area is 47.4 Å². The zero-order chi connectivity index (χ0) is 6.41. The Bertz CT molecular complexity index is 101. The zero-order valence-electron chi connectivity index (χ0n) is 4.65. The Morgan fingerprint density at radius 3 is 2.62 bits per heavy atom. The molecule has 0 bridgehead atoms. The fourth-order valence-electron chi connectivity index (χ4n) is 0.275. The summed E-state index contributed by atoms with van der Waals surface area (Å²) in [5.74, 6) is 0. The molecular weight excluding hydrogens is 109 g/mol. The molecule has 0 heterocycles. The van der Waals surface area contributed by atoms with Gasteiger partial charge >= 0.3 is 0 Å². The van der Waals surface area contributed by atoms with Crippen LogP contribution in [0.4, 0.5) is 4.39 Å². The van der Waals surface area contributed by atoms with Crippen molar-refractivity contribution in [2.24, 2.45) is 0 Å². The number of rotatable bonds is 3. The minimum Gasteiger partial charge on any atom is -0.330 e. The largest absolute Gasteiger partial charge is 0.330 e. The number of amides is 1. The first kappa shape index (κ1) is 7.14. The Morgan fingerprint density at radius 2 is 2.50 bits per heavy atom. The van der Waals surface area contributed by atoms with E-state index < -0.39 is 6.67 Å². The molecule has 0 saturated carbocycles. The third-order valence-electron chi connectivity index (χ3n) is 0.737. The average Bonchev–Trinajstić information content (AvgIpc) is 1.83. The van der Waals surface area contributed by atoms with Crippen molar-refractivity contribution < 1.29 is 9.18 Å². The molecule has 2 nitrogen and oxygen atoms in total. The van der Waals surface area contributed by atoms with Crippen molar-refractivity contribution in [3.8, 4) is 0 Å². The number of halogens is 1. The van der Waals surface area contributed by atoms with E-state index in [1.54, 1.807) is 6.92 Å². The zero-order valence-corrected chi connectivity index (χ0v) is 4.65. The smallest absolute Gasteiger partial charge is 0.211 e. The van der Waals surface area contributed by atoms with Crippen LogP contribution in [0.5, 0.6) is 0 Å². The number of hydrogen-bond donors (Lipinski definition) is 1. The molecule has 0 unspecified atom stereocenters. The van der Waals surface area contributed by atoms with Crippen LogP contribution in [0, 0.1) is 0 Å². The van der Waals surface area contributed by atoms with Gasteiger partial charge in [0.1, 0.15) is 6.67 Å². The molecule has 3 heteroatoms. The number of hydrogen-bond acceptors (Lipinski definition) is 1. The molecule has 46 valence electrons. The highest BCUT2D eigenvalue weighted by molar-refractivity contribution is 5.49. The first-order valence-electron chi connectivity index (χ1n) is 2.26. The van der Waals surface area contributed by atoms with Gasteiger partial charge in [0.05, 0.1) is 0 Å². The summed E-state index contributed by atoms with van der Waals surface area (Å²) in [6.07, 6.45) is 1.96. The van der Waals surface area contributed by atoms with Gasteiger partial charge in [-0.25, -0.2) is 4.39 Å². The van der Waals surface area contributed by atoms with Crippen LogP contribution in [0.2, 0.25) is 0 Å². The van der Waals surface area contributed by atoms with E-state index in [1.165, 1.54) is 6.08 Å². The van der Waals surface area contributed by atoms with Crippen LogP contribution < -0.4 is 5.32 Å². The predicted octanol–water partition coefficient (Wildman–Crippen LogP) is 0.606. The molecule has 0 aliphatic carbocycles. The minimum absolute atomic E-state index is 0.306. The van der Waals surface area contributed by atoms with Gasteiger partial charge in [0, 0.05) is 5.70 Å². The second-order valence-corrected chi connectivity index (χ2v) is 1.21. The summed E-state index contributed by atoms with van der Waals surface area (Å²) in [7, 11) is 0. The standard InChI is InChI=1S/C5H8FNO/c1-2-5(3-6)7-4-8/h2,4H,3H2,1H3,(H,7,8)/b5-2+. The molecule has 0 aromatic rings. The van der Waals surface area contributed by atoms with Gasteiger partial charge in [0.2, 0.25) is 6.41 Å². The van der Waals surface area contributed by atoms with Crippen LogP contribution in [-0.2, 0) is 4.79 Å². The van der Waals surface area contributed by atoms with Crippen LogP contribution in [0.25, 0.3) is 0 Å². The number of carbonyl (C=O) groups excluding carboxylic acids is 1. The summed E-state index contributed by atoms with van der Waals surface area (Å²) in [6, 6.07) is 0. The van der Waals surface area contributed by atoms with Crippen molar-refractivity contribution in [1.82, 2.24) is 5.32 Å². The molecule has 0 spiro atoms. The van der Waals surface area contributed by atoms with Crippen molar-refractivity contribution >= 4 is 6.41 Å². The summed E-state index contributed by atoms with van der Waals surface area (Å²) < 4.78 is 11.6. The summed E-state index contributed by atoms with van der Waals surface area (Å²) in [4.78, 5) is 9.61. The minimum atomic E-state index is -0.616. The second-order valence-electron chi connectivity index (χ2n) is 1.21. The van der Waals surface area contributed by atoms with E-state index in [9.17, 15) is 9.18 Å². The monoisotopic (exact) mass is 117 g/mol. The van der Waals surface area contributed by atoms with E-state index in [4.69, 9.17) is 0 Å². The lowest BCUT2D eigenvalue weighted by molar-refractivity contribution is -0.109. The highest BCUT2D eigenvalue weighted by Crippen LogP contribution is 1.85. The maximum absolute atomic E-state index is 11.6. The molecule has 0 atom stereocenters. The molecule has 0 aliphatic heterocycles. The molecule has 1 amide bonds. The molecule has 0 rings (SSSR count). The maximum Gasteiger partial charge on any atom is 0.211 e. The fourth-order valence-corrected chi connectivity index (χ4v) is 0.275. The summed E-state index contributed by atoms with van der Waals surface area (Å²) in [5, 5.41) is 2.19. The maximum atomic E-state index is 11.6. The highest BCUT2D eigenvalue weighted by Gasteiger charge is 1.87. The normalized spacial score (nSPS) is 11.0. The SMILES string of the molecule is C/C=C(\CF)NC=O. The van der Waals surface area contributed by atoms with E-state index >= 15 is 0 Å². The van der Waals surface area contributed by atoms with Crippen molar-refractivity contribution in [2.45, 2.75) is 6.92 Å². The predicted molar refractivity (Wildman–Crippen MR) is 28.9 cm³/mol. The second kappa shape index (κ2) is 4.30. The summed E-state index contributed by atoms with van der Waals surface area (Å²) in [5.41, 5.74) is 0.306. The molecule has 0 aliphatic rings. The van der Waals surface area contributed by atoms with Crippen LogP contribution in [0.15, 0.2) is 11.8 Å². The average molecular weight is 117 g/mol. The lowest BCUT2D eigenvalue weighted by Gasteiger charge is -1.94. The van der Waals surface area contributed by atoms with Gasteiger partial charge in [0.25, 0.3) is 0 Å². The molecule has 8 heavy (non-hydrogen) atoms. The first-order chi connectivity index (χ1) is 3.85. The van der Waals surface area contributed by atoms with Crippen LogP contribution in [0.1, 0.15) is 6.92 Å². The van der Waals surface area contributed by atoms with Crippen LogP contribution >= 0.6 is 0 Å². The Balaban J connectivity index is 3.53. The first-order valence-corrected chi connectivity index (χ1v) is 2.26. The number of carbonyl (C=O) groups is 1. The molecular formula is C5H8FNO. The van der Waals surface area contributed by atoms with Gasteiger partial charge in [-0.1, -0.05) is 6.08 Å². The molecule has 0 fully saturated rings. The van der Waals surface area contributed by atoms with E-state index in [0.717, 1.165) is 0 Å². The van der Waals surface area contributed by atoms with Crippen LogP contribution in [0.3, 0.4) is 0 Å². The number of nitrogens with one attached hydrogen (secondary N) is 1. The Kier molecular flexibility index (Phi) is 3.84. The number of allylic oxidation sites excluding steroid dienone is 2. The fraction of sp³-hybridized carbons (Fsp3) is 0.400. The van der Waals surface area contributed by atoms with Gasteiger partial charge in [-0.05, 0) is 6.92 Å². The molecule has 0 aromatic heterocycles. The van der Waals surface area contributed by atoms with E-state index in [0.29, 0.717) is 12.1 Å². The lowest BCUT2D eigenvalue weighted by Crippen LogP contribution is -2.10. The van der Waals surface area contributed by atoms with Gasteiger partial charge in [0.15, 0.2) is 0 Å². The lowest BCUT2D eigenvalue weighted by atomic mass is 10.4. The molecule has 1 N–H and O–H groups in total. The summed E-state index contributed by atoms with van der Waals surface area (Å²) in [6.45, 7) is 1.04. The van der Waals surface area contributed by atoms with Gasteiger partial charge in [-0.15, -0.1) is 0 Å². The third kappa shape index (κ3) is 2.34. The van der Waals surface area contributed by atoms with Gasteiger partial charge in [-0.2, -0.15) is 0 Å². The van der Waals surface area contributed by atoms with Crippen molar-refractivity contribution in [1.29, 1.82) is 0 Å². The molecule has 0 saturated heterocycles. The van der Waals surface area contributed by atoms with Gasteiger partial charge in [-0.3, -0.25) is 4.79 Å². The van der Waals surface area contributed by atoms with Crippen molar-refractivity contribution in [3.63, 3.8) is 0 Å². The topological polar surface area (TPSA) is 29.1 Å². The van der Waals surface area contributed by atoms with Gasteiger partial charge < -0.3 is 5.32 Å². The van der Waals surface area contributed by atoms with Crippen molar-refractivity contribution in [2.75, 3.05) is 6.67 Å². The number of alkyl halides is 1. The third-order valence-corrected chi connectivity index (χ3v) is 0.737. The highest BCUT2D eigenvalue weighted by atomic mass is 19.1. The Hall–Kier alpha value is -0.860. The van der Waals surface area contributed by atoms with Crippen molar-refractivity contribution in [3.05, 3.63) is 11.8 Å². The van der Waals surface area contributed by atoms with E-state index in [2.05, 4.69) is 5.32 Å². The molecule has 0 radical (unpaired) electrons. The van der Waals surface area contributed by atoms with Crippen LogP contribution in [-0.4, -0.2) is 13.1 Å². The Morgan fingerprint density at radius 1 is 1.88 bits per heavy atom. The van der Waals surface area contributed by atoms with E-state index in [-0.39, 0.29) is 0 Å².